The minimum Gasteiger partial charge on any atom is -0.490 e. The Labute approximate surface area is 168 Å². The molecule has 0 fully saturated rings. The number of carbonyl (C=O) groups is 3. The summed E-state index contributed by atoms with van der Waals surface area (Å²) in [5, 5.41) is 2.61. The molecule has 7 heteroatoms. The molecule has 1 amide bonds. The molecule has 0 saturated heterocycles. The van der Waals surface area contributed by atoms with Crippen LogP contribution >= 0.6 is 0 Å². The smallest absolute Gasteiger partial charge is 0.331 e. The summed E-state index contributed by atoms with van der Waals surface area (Å²) in [5.74, 6) is 0.156. The van der Waals surface area contributed by atoms with Gasteiger partial charge in [-0.1, -0.05) is 6.07 Å². The van der Waals surface area contributed by atoms with E-state index in [1.807, 2.05) is 0 Å². The van der Waals surface area contributed by atoms with Crippen LogP contribution in [0.25, 0.3) is 6.08 Å². The SMILES string of the molecule is CC(=O)Nc1ccc(C(=O)COC(=O)/C=C/c2ccc3c(c2)OCCCO3)cc1. The summed E-state index contributed by atoms with van der Waals surface area (Å²) in [6.45, 7) is 2.22. The molecule has 29 heavy (non-hydrogen) atoms. The van der Waals surface area contributed by atoms with Gasteiger partial charge in [0.05, 0.1) is 13.2 Å². The molecule has 3 rings (SSSR count). The van der Waals surface area contributed by atoms with Crippen molar-refractivity contribution in [2.45, 2.75) is 13.3 Å². The summed E-state index contributed by atoms with van der Waals surface area (Å²) < 4.78 is 16.2. The Morgan fingerprint density at radius 1 is 1.03 bits per heavy atom. The van der Waals surface area contributed by atoms with Gasteiger partial charge < -0.3 is 19.5 Å². The van der Waals surface area contributed by atoms with Gasteiger partial charge in [0.2, 0.25) is 5.91 Å². The van der Waals surface area contributed by atoms with Gasteiger partial charge in [-0.25, -0.2) is 4.79 Å². The minimum absolute atomic E-state index is 0.196. The molecule has 150 valence electrons. The Morgan fingerprint density at radius 3 is 2.48 bits per heavy atom. The molecule has 2 aromatic rings. The quantitative estimate of drug-likeness (QED) is 0.459. The summed E-state index contributed by atoms with van der Waals surface area (Å²) in [6.07, 6.45) is 3.66. The van der Waals surface area contributed by atoms with Crippen LogP contribution in [0.2, 0.25) is 0 Å². The van der Waals surface area contributed by atoms with Crippen LogP contribution in [0, 0.1) is 0 Å². The number of amides is 1. The van der Waals surface area contributed by atoms with Crippen molar-refractivity contribution >= 4 is 29.4 Å². The predicted molar refractivity (Wildman–Crippen MR) is 107 cm³/mol. The van der Waals surface area contributed by atoms with E-state index in [-0.39, 0.29) is 18.3 Å². The number of nitrogens with one attached hydrogen (secondary N) is 1. The van der Waals surface area contributed by atoms with Crippen molar-refractivity contribution < 1.29 is 28.6 Å². The fourth-order valence-electron chi connectivity index (χ4n) is 2.66. The molecule has 0 bridgehead atoms. The van der Waals surface area contributed by atoms with E-state index in [0.29, 0.717) is 36.0 Å². The first-order valence-corrected chi connectivity index (χ1v) is 9.16. The number of carbonyl (C=O) groups excluding carboxylic acids is 3. The van der Waals surface area contributed by atoms with Gasteiger partial charge in [0, 0.05) is 30.7 Å². The summed E-state index contributed by atoms with van der Waals surface area (Å²) >= 11 is 0. The Morgan fingerprint density at radius 2 is 1.76 bits per heavy atom. The first-order chi connectivity index (χ1) is 14.0. The Bertz CT molecular complexity index is 933. The van der Waals surface area contributed by atoms with Crippen LogP contribution in [0.5, 0.6) is 11.5 Å². The molecule has 0 aromatic heterocycles. The topological polar surface area (TPSA) is 90.9 Å². The highest BCUT2D eigenvalue weighted by atomic mass is 16.5. The van der Waals surface area contributed by atoms with Gasteiger partial charge in [-0.2, -0.15) is 0 Å². The summed E-state index contributed by atoms with van der Waals surface area (Å²) in [4.78, 5) is 35.0. The van der Waals surface area contributed by atoms with Crippen molar-refractivity contribution in [2.75, 3.05) is 25.1 Å². The molecule has 2 aromatic carbocycles. The van der Waals surface area contributed by atoms with E-state index < -0.39 is 5.97 Å². The number of anilines is 1. The molecule has 0 unspecified atom stereocenters. The molecule has 7 nitrogen and oxygen atoms in total. The molecule has 1 heterocycles. The van der Waals surface area contributed by atoms with Crippen LogP contribution in [0.4, 0.5) is 5.69 Å². The zero-order chi connectivity index (χ0) is 20.6. The van der Waals surface area contributed by atoms with E-state index in [2.05, 4.69) is 5.32 Å². The maximum atomic E-state index is 12.1. The van der Waals surface area contributed by atoms with E-state index in [4.69, 9.17) is 14.2 Å². The van der Waals surface area contributed by atoms with Crippen molar-refractivity contribution in [1.82, 2.24) is 0 Å². The number of Topliss-reactive ketones (excluding diaryl/α,β-unsaturated/α-hetero) is 1. The van der Waals surface area contributed by atoms with Gasteiger partial charge in [-0.3, -0.25) is 9.59 Å². The highest BCUT2D eigenvalue weighted by Gasteiger charge is 2.11. The maximum absolute atomic E-state index is 12.1. The largest absolute Gasteiger partial charge is 0.490 e. The second-order valence-corrected chi connectivity index (χ2v) is 6.38. The van der Waals surface area contributed by atoms with Gasteiger partial charge >= 0.3 is 5.97 Å². The molecule has 0 atom stereocenters. The van der Waals surface area contributed by atoms with Gasteiger partial charge in [0.15, 0.2) is 23.9 Å². The molecule has 1 aliphatic rings. The molecule has 0 radical (unpaired) electrons. The van der Waals surface area contributed by atoms with Crippen LogP contribution < -0.4 is 14.8 Å². The zero-order valence-electron chi connectivity index (χ0n) is 16.0. The normalized spacial score (nSPS) is 12.9. The average Bonchev–Trinajstić information content (AvgIpc) is 2.95. The van der Waals surface area contributed by atoms with Crippen LogP contribution in [0.15, 0.2) is 48.5 Å². The maximum Gasteiger partial charge on any atom is 0.331 e. The van der Waals surface area contributed by atoms with E-state index in [1.165, 1.54) is 13.0 Å². The third-order valence-electron chi connectivity index (χ3n) is 4.06. The van der Waals surface area contributed by atoms with Gasteiger partial charge in [-0.15, -0.1) is 0 Å². The number of benzene rings is 2. The molecular formula is C22H21NO6. The third kappa shape index (κ3) is 5.93. The number of ether oxygens (including phenoxy) is 3. The highest BCUT2D eigenvalue weighted by molar-refractivity contribution is 5.99. The fourth-order valence-corrected chi connectivity index (χ4v) is 2.66. The number of ketones is 1. The van der Waals surface area contributed by atoms with Crippen molar-refractivity contribution in [1.29, 1.82) is 0 Å². The third-order valence-corrected chi connectivity index (χ3v) is 4.06. The lowest BCUT2D eigenvalue weighted by molar-refractivity contribution is -0.136. The second kappa shape index (κ2) is 9.54. The molecule has 0 spiro atoms. The standard InChI is InChI=1S/C22H21NO6/c1-15(24)23-18-7-5-17(6-8-18)19(25)14-29-22(26)10-4-16-3-9-20-21(13-16)28-12-2-11-27-20/h3-10,13H,2,11-12,14H2,1H3,(H,23,24)/b10-4+. The van der Waals surface area contributed by atoms with E-state index >= 15 is 0 Å². The Balaban J connectivity index is 1.52. The van der Waals surface area contributed by atoms with E-state index in [9.17, 15) is 14.4 Å². The van der Waals surface area contributed by atoms with Gasteiger partial charge in [0.1, 0.15) is 0 Å². The lowest BCUT2D eigenvalue weighted by Gasteiger charge is -2.07. The number of fused-ring (bicyclic) bond motifs is 1. The molecular weight excluding hydrogens is 374 g/mol. The fraction of sp³-hybridized carbons (Fsp3) is 0.227. The van der Waals surface area contributed by atoms with Crippen LogP contribution in [0.3, 0.4) is 0 Å². The monoisotopic (exact) mass is 395 g/mol. The zero-order valence-corrected chi connectivity index (χ0v) is 16.0. The van der Waals surface area contributed by atoms with E-state index in [1.54, 1.807) is 48.5 Å². The number of esters is 1. The van der Waals surface area contributed by atoms with Crippen molar-refractivity contribution in [2.24, 2.45) is 0 Å². The second-order valence-electron chi connectivity index (χ2n) is 6.38. The molecule has 1 N–H and O–H groups in total. The Kier molecular flexibility index (Phi) is 6.63. The highest BCUT2D eigenvalue weighted by Crippen LogP contribution is 2.30. The summed E-state index contributed by atoms with van der Waals surface area (Å²) in [7, 11) is 0. The van der Waals surface area contributed by atoms with Crippen molar-refractivity contribution in [3.05, 3.63) is 59.7 Å². The summed E-state index contributed by atoms with van der Waals surface area (Å²) in [6, 6.07) is 11.7. The van der Waals surface area contributed by atoms with Crippen molar-refractivity contribution in [3.63, 3.8) is 0 Å². The minimum atomic E-state index is -0.625. The van der Waals surface area contributed by atoms with Crippen LogP contribution in [0.1, 0.15) is 29.3 Å². The van der Waals surface area contributed by atoms with Gasteiger partial charge in [-0.05, 0) is 48.0 Å². The summed E-state index contributed by atoms with van der Waals surface area (Å²) in [5.41, 5.74) is 1.73. The molecule has 0 aliphatic carbocycles. The first kappa shape index (κ1) is 20.1. The van der Waals surface area contributed by atoms with Gasteiger partial charge in [0.25, 0.3) is 0 Å². The van der Waals surface area contributed by atoms with Crippen molar-refractivity contribution in [3.8, 4) is 11.5 Å². The van der Waals surface area contributed by atoms with E-state index in [0.717, 1.165) is 12.0 Å². The predicted octanol–water partition coefficient (Wildman–Crippen LogP) is 3.25. The molecule has 1 aliphatic heterocycles. The number of hydrogen-bond donors (Lipinski definition) is 1. The lowest BCUT2D eigenvalue weighted by Crippen LogP contribution is -2.13. The first-order valence-electron chi connectivity index (χ1n) is 9.16. The van der Waals surface area contributed by atoms with Crippen LogP contribution in [-0.2, 0) is 14.3 Å². The Hall–Kier alpha value is -3.61. The number of rotatable bonds is 6. The lowest BCUT2D eigenvalue weighted by atomic mass is 10.1. The van der Waals surface area contributed by atoms with Crippen LogP contribution in [-0.4, -0.2) is 37.5 Å². The molecule has 0 saturated carbocycles. The number of hydrogen-bond acceptors (Lipinski definition) is 6. The average molecular weight is 395 g/mol.